The van der Waals surface area contributed by atoms with Crippen LogP contribution < -0.4 is 4.90 Å². The molecular weight excluding hydrogens is 583 g/mol. The topological polar surface area (TPSA) is 160 Å². The van der Waals surface area contributed by atoms with Crippen molar-refractivity contribution >= 4 is 38.8 Å². The van der Waals surface area contributed by atoms with E-state index in [9.17, 15) is 23.7 Å². The Morgan fingerprint density at radius 2 is 2.05 bits per heavy atom. The van der Waals surface area contributed by atoms with Gasteiger partial charge >= 0.3 is 12.1 Å². The fourth-order valence-electron chi connectivity index (χ4n) is 4.43. The van der Waals surface area contributed by atoms with Crippen LogP contribution in [0, 0.1) is 28.6 Å². The predicted octanol–water partition coefficient (Wildman–Crippen LogP) is 4.47. The third kappa shape index (κ3) is 6.15. The minimum atomic E-state index is -5.08. The Kier molecular flexibility index (Phi) is 8.11. The molecule has 0 saturated carbocycles. The van der Waals surface area contributed by atoms with Crippen molar-refractivity contribution in [3.63, 3.8) is 0 Å². The lowest BCUT2D eigenvalue weighted by molar-refractivity contribution is -0.192. The Bertz CT molecular complexity index is 1570. The smallest absolute Gasteiger partial charge is 0.475 e. The van der Waals surface area contributed by atoms with Gasteiger partial charge in [0.15, 0.2) is 11.5 Å². The van der Waals surface area contributed by atoms with Crippen LogP contribution >= 0.6 is 15.9 Å². The van der Waals surface area contributed by atoms with Crippen LogP contribution in [0.5, 0.6) is 0 Å². The van der Waals surface area contributed by atoms with Crippen LogP contribution in [0.1, 0.15) is 24.6 Å². The molecule has 5 heterocycles. The zero-order valence-electron chi connectivity index (χ0n) is 20.0. The Balaban J connectivity index is 0.000000448. The Labute approximate surface area is 227 Å². The van der Waals surface area contributed by atoms with Gasteiger partial charge in [0.25, 0.3) is 0 Å². The van der Waals surface area contributed by atoms with Crippen LogP contribution in [0.2, 0.25) is 0 Å². The first kappa shape index (κ1) is 27.5. The first-order valence-electron chi connectivity index (χ1n) is 11.4. The van der Waals surface area contributed by atoms with Crippen molar-refractivity contribution in [2.45, 2.75) is 25.1 Å². The van der Waals surface area contributed by atoms with Crippen molar-refractivity contribution < 1.29 is 23.1 Å². The molecule has 0 amide bonds. The minimum Gasteiger partial charge on any atom is -0.475 e. The van der Waals surface area contributed by atoms with E-state index in [2.05, 4.69) is 68.7 Å². The fraction of sp³-hybridized carbons (Fsp3) is 0.292. The number of nitriles is 2. The van der Waals surface area contributed by atoms with Crippen LogP contribution in [0.4, 0.5) is 19.0 Å². The maximum atomic E-state index is 10.6. The van der Waals surface area contributed by atoms with Gasteiger partial charge < -0.3 is 19.6 Å². The van der Waals surface area contributed by atoms with Gasteiger partial charge in [0.2, 0.25) is 0 Å². The van der Waals surface area contributed by atoms with Gasteiger partial charge in [-0.15, -0.1) is 0 Å². The van der Waals surface area contributed by atoms with Gasteiger partial charge in [0.1, 0.15) is 22.6 Å². The summed E-state index contributed by atoms with van der Waals surface area (Å²) in [7, 11) is 0. The summed E-state index contributed by atoms with van der Waals surface area (Å²) in [5.41, 5.74) is 2.95. The van der Waals surface area contributed by atoms with Crippen molar-refractivity contribution in [1.82, 2.24) is 29.5 Å². The number of hydrogen-bond acceptors (Lipinski definition) is 8. The largest absolute Gasteiger partial charge is 0.490 e. The molecular formula is C24H19BrF3N9O2. The number of aliphatic carboxylic acids is 1. The number of hydrogen-bond donors (Lipinski definition) is 2. The summed E-state index contributed by atoms with van der Waals surface area (Å²) in [6.07, 6.45) is 5.30. The quantitative estimate of drug-likeness (QED) is 0.336. The molecule has 0 aliphatic carbocycles. The number of fused-ring (bicyclic) bond motifs is 1. The van der Waals surface area contributed by atoms with Gasteiger partial charge in [-0.1, -0.05) is 0 Å². The lowest BCUT2D eigenvalue weighted by atomic mass is 9.96. The van der Waals surface area contributed by atoms with E-state index in [0.29, 0.717) is 29.1 Å². The second-order valence-corrected chi connectivity index (χ2v) is 9.33. The molecule has 1 saturated heterocycles. The summed E-state index contributed by atoms with van der Waals surface area (Å²) in [6, 6.07) is 8.48. The number of nitrogens with one attached hydrogen (secondary N) is 1. The number of carboxylic acid groups (broad SMARTS) is 1. The van der Waals surface area contributed by atoms with E-state index in [4.69, 9.17) is 9.90 Å². The monoisotopic (exact) mass is 601 g/mol. The number of rotatable bonds is 5. The summed E-state index contributed by atoms with van der Waals surface area (Å²) in [4.78, 5) is 31.5. The lowest BCUT2D eigenvalue weighted by Gasteiger charge is -2.24. The van der Waals surface area contributed by atoms with Gasteiger partial charge in [0.05, 0.1) is 30.4 Å². The third-order valence-corrected chi connectivity index (χ3v) is 6.55. The Morgan fingerprint density at radius 1 is 1.28 bits per heavy atom. The maximum Gasteiger partial charge on any atom is 0.490 e. The molecule has 0 aromatic carbocycles. The molecule has 0 unspecified atom stereocenters. The van der Waals surface area contributed by atoms with Gasteiger partial charge in [-0.25, -0.2) is 24.7 Å². The number of carbonyl (C=O) groups is 1. The van der Waals surface area contributed by atoms with E-state index in [1.54, 1.807) is 12.5 Å². The number of carboxylic acids is 1. The van der Waals surface area contributed by atoms with E-state index in [1.807, 2.05) is 24.5 Å². The highest BCUT2D eigenvalue weighted by atomic mass is 79.9. The van der Waals surface area contributed by atoms with Crippen molar-refractivity contribution in [3.05, 3.63) is 53.5 Å². The number of aromatic amines is 1. The van der Waals surface area contributed by atoms with Crippen molar-refractivity contribution in [2.24, 2.45) is 5.92 Å². The first-order chi connectivity index (χ1) is 18.6. The zero-order valence-corrected chi connectivity index (χ0v) is 21.6. The third-order valence-electron chi connectivity index (χ3n) is 6.17. The summed E-state index contributed by atoms with van der Waals surface area (Å²) < 4.78 is 34.4. The van der Waals surface area contributed by atoms with Crippen LogP contribution in [0.3, 0.4) is 0 Å². The Hall–Kier alpha value is -4.50. The molecule has 4 aromatic rings. The maximum absolute atomic E-state index is 10.6. The van der Waals surface area contributed by atoms with Crippen LogP contribution in [0.25, 0.3) is 22.3 Å². The molecule has 11 nitrogen and oxygen atoms in total. The molecule has 1 aliphatic rings. The van der Waals surface area contributed by atoms with Gasteiger partial charge in [0, 0.05) is 42.6 Å². The number of nitrogens with zero attached hydrogens (tertiary/aromatic N) is 8. The number of anilines is 1. The highest BCUT2D eigenvalue weighted by Crippen LogP contribution is 2.35. The molecule has 0 spiro atoms. The van der Waals surface area contributed by atoms with Crippen LogP contribution in [0.15, 0.2) is 47.9 Å². The van der Waals surface area contributed by atoms with Gasteiger partial charge in [-0.3, -0.25) is 0 Å². The zero-order chi connectivity index (χ0) is 28.2. The van der Waals surface area contributed by atoms with Crippen molar-refractivity contribution in [3.8, 4) is 23.4 Å². The summed E-state index contributed by atoms with van der Waals surface area (Å²) in [5, 5.41) is 27.1. The highest BCUT2D eigenvalue weighted by Gasteiger charge is 2.38. The molecule has 1 fully saturated rings. The molecule has 39 heavy (non-hydrogen) atoms. The minimum absolute atomic E-state index is 0.0104. The summed E-state index contributed by atoms with van der Waals surface area (Å²) in [6.45, 7) is 1.47. The van der Waals surface area contributed by atoms with E-state index in [0.717, 1.165) is 35.3 Å². The van der Waals surface area contributed by atoms with E-state index in [-0.39, 0.29) is 12.0 Å². The van der Waals surface area contributed by atoms with Gasteiger partial charge in [-0.05, 0) is 40.4 Å². The molecule has 0 radical (unpaired) electrons. The molecule has 200 valence electrons. The lowest BCUT2D eigenvalue weighted by Crippen LogP contribution is -2.25. The van der Waals surface area contributed by atoms with E-state index >= 15 is 0 Å². The van der Waals surface area contributed by atoms with Crippen LogP contribution in [-0.4, -0.2) is 59.8 Å². The molecule has 1 aliphatic heterocycles. The fourth-order valence-corrected chi connectivity index (χ4v) is 4.71. The Morgan fingerprint density at radius 3 is 2.74 bits per heavy atom. The van der Waals surface area contributed by atoms with E-state index < -0.39 is 12.1 Å². The normalized spacial score (nSPS) is 15.7. The van der Waals surface area contributed by atoms with Crippen molar-refractivity contribution in [2.75, 3.05) is 18.0 Å². The summed E-state index contributed by atoms with van der Waals surface area (Å²) in [5.74, 6) is -1.92. The van der Waals surface area contributed by atoms with Crippen molar-refractivity contribution in [1.29, 1.82) is 10.5 Å². The SMILES string of the molecule is N#CC[C@@H]([C@H]1CCN(c2ncc(Br)nc2C#N)C1)n1ccc(-c2ncnc3[nH]ccc23)c1.O=C(O)C(F)(F)F. The molecule has 15 heteroatoms. The highest BCUT2D eigenvalue weighted by molar-refractivity contribution is 9.10. The molecule has 2 atom stereocenters. The molecule has 2 N–H and O–H groups in total. The standard InChI is InChI=1S/C22H18BrN9.C2HF3O2/c23-19-10-27-22(17(9-25)30-19)32-8-3-14(11-32)18(1-5-24)31-7-4-15(12-31)20-16-2-6-26-21(16)29-13-28-20;3-2(4,5)1(6)7/h2,4,6-7,10,12-14,18H,1,3,8,11H2,(H,26,28,29);(H,6,7)/t14-,18-;/m0./s1. The molecule has 5 rings (SSSR count). The number of H-pyrrole nitrogens is 1. The number of halogens is 4. The number of aromatic nitrogens is 6. The number of alkyl halides is 3. The van der Waals surface area contributed by atoms with Gasteiger partial charge in [-0.2, -0.15) is 23.7 Å². The van der Waals surface area contributed by atoms with E-state index in [1.165, 1.54) is 0 Å². The second kappa shape index (κ2) is 11.5. The summed E-state index contributed by atoms with van der Waals surface area (Å²) >= 11 is 3.27. The average Bonchev–Trinajstić information content (AvgIpc) is 3.68. The average molecular weight is 602 g/mol. The molecule has 4 aromatic heterocycles. The second-order valence-electron chi connectivity index (χ2n) is 8.51. The molecule has 0 bridgehead atoms. The first-order valence-corrected chi connectivity index (χ1v) is 12.2. The van der Waals surface area contributed by atoms with Crippen LogP contribution in [-0.2, 0) is 4.79 Å². The predicted molar refractivity (Wildman–Crippen MR) is 135 cm³/mol.